The van der Waals surface area contributed by atoms with Crippen molar-refractivity contribution >= 4 is 45.0 Å². The SMILES string of the molecule is CC(CN)NC(=O)CCc1nc2ccc(Cl)cc2s1.CCC(N)=O. The van der Waals surface area contributed by atoms with E-state index in [1.165, 1.54) is 0 Å². The van der Waals surface area contributed by atoms with Crippen molar-refractivity contribution in [2.75, 3.05) is 6.54 Å². The van der Waals surface area contributed by atoms with Gasteiger partial charge in [-0.25, -0.2) is 4.98 Å². The predicted molar refractivity (Wildman–Crippen MR) is 99.1 cm³/mol. The first-order valence-electron chi connectivity index (χ1n) is 7.68. The number of primary amides is 1. The van der Waals surface area contributed by atoms with Gasteiger partial charge in [-0.15, -0.1) is 11.3 Å². The number of carbonyl (C=O) groups is 2. The Labute approximate surface area is 150 Å². The standard InChI is InChI=1S/C13H16ClN3OS.C3H7NO/c1-8(7-15)16-12(18)4-5-13-17-10-3-2-9(14)6-11(10)19-13;1-2-3(4)5/h2-3,6,8H,4-5,7,15H2,1H3,(H,16,18);2H2,1H3,(H2,4,5). The summed E-state index contributed by atoms with van der Waals surface area (Å²) in [5.74, 6) is -0.236. The number of carbonyl (C=O) groups excluding carboxylic acids is 2. The molecule has 0 aliphatic carbocycles. The molecule has 0 spiro atoms. The van der Waals surface area contributed by atoms with Crippen LogP contribution in [0.25, 0.3) is 10.2 Å². The topological polar surface area (TPSA) is 111 Å². The first-order chi connectivity index (χ1) is 11.3. The zero-order valence-corrected chi connectivity index (χ0v) is 15.4. The molecule has 1 heterocycles. The molecule has 6 nitrogen and oxygen atoms in total. The predicted octanol–water partition coefficient (Wildman–Crippen LogP) is 2.23. The van der Waals surface area contributed by atoms with Crippen LogP contribution in [0.2, 0.25) is 5.02 Å². The van der Waals surface area contributed by atoms with E-state index in [1.54, 1.807) is 18.3 Å². The number of aromatic nitrogens is 1. The number of amides is 2. The Kier molecular flexibility index (Phi) is 8.67. The minimum Gasteiger partial charge on any atom is -0.370 e. The van der Waals surface area contributed by atoms with Gasteiger partial charge in [-0.3, -0.25) is 9.59 Å². The third-order valence-corrected chi connectivity index (χ3v) is 4.38. The van der Waals surface area contributed by atoms with E-state index in [0.29, 0.717) is 30.8 Å². The van der Waals surface area contributed by atoms with Gasteiger partial charge in [0, 0.05) is 36.9 Å². The molecular weight excluding hydrogens is 348 g/mol. The van der Waals surface area contributed by atoms with Crippen molar-refractivity contribution in [3.05, 3.63) is 28.2 Å². The highest BCUT2D eigenvalue weighted by atomic mass is 35.5. The smallest absolute Gasteiger partial charge is 0.220 e. The van der Waals surface area contributed by atoms with E-state index in [-0.39, 0.29) is 17.9 Å². The van der Waals surface area contributed by atoms with Gasteiger partial charge in [-0.2, -0.15) is 0 Å². The molecule has 1 aromatic carbocycles. The monoisotopic (exact) mass is 370 g/mol. The van der Waals surface area contributed by atoms with Crippen molar-refractivity contribution in [3.8, 4) is 0 Å². The highest BCUT2D eigenvalue weighted by Crippen LogP contribution is 2.25. The summed E-state index contributed by atoms with van der Waals surface area (Å²) in [4.78, 5) is 25.7. The van der Waals surface area contributed by atoms with Crippen LogP contribution in [0.5, 0.6) is 0 Å². The lowest BCUT2D eigenvalue weighted by Crippen LogP contribution is -2.37. The van der Waals surface area contributed by atoms with Gasteiger partial charge in [0.1, 0.15) is 0 Å². The van der Waals surface area contributed by atoms with Gasteiger partial charge in [0.15, 0.2) is 0 Å². The van der Waals surface area contributed by atoms with Gasteiger partial charge in [-0.1, -0.05) is 18.5 Å². The normalized spacial score (nSPS) is 11.5. The molecule has 24 heavy (non-hydrogen) atoms. The molecule has 0 aliphatic rings. The summed E-state index contributed by atoms with van der Waals surface area (Å²) in [6, 6.07) is 5.63. The fraction of sp³-hybridized carbons (Fsp3) is 0.438. The van der Waals surface area contributed by atoms with Crippen LogP contribution in [0, 0.1) is 0 Å². The third kappa shape index (κ3) is 7.25. The molecule has 8 heteroatoms. The molecule has 2 rings (SSSR count). The number of nitrogens with zero attached hydrogens (tertiary/aromatic N) is 1. The number of thiazole rings is 1. The second-order valence-electron chi connectivity index (χ2n) is 5.24. The molecule has 2 amide bonds. The zero-order chi connectivity index (χ0) is 18.1. The summed E-state index contributed by atoms with van der Waals surface area (Å²) in [5, 5.41) is 4.49. The minimum absolute atomic E-state index is 0.00948. The quantitative estimate of drug-likeness (QED) is 0.723. The Morgan fingerprint density at radius 3 is 2.67 bits per heavy atom. The summed E-state index contributed by atoms with van der Waals surface area (Å²) in [6.45, 7) is 4.06. The molecule has 1 aromatic heterocycles. The zero-order valence-electron chi connectivity index (χ0n) is 13.8. The van der Waals surface area contributed by atoms with Gasteiger partial charge < -0.3 is 16.8 Å². The maximum Gasteiger partial charge on any atom is 0.220 e. The number of nitrogens with two attached hydrogens (primary N) is 2. The molecule has 0 saturated heterocycles. The summed E-state index contributed by atoms with van der Waals surface area (Å²) in [6.07, 6.45) is 1.51. The maximum absolute atomic E-state index is 11.6. The Hall–Kier alpha value is -1.70. The lowest BCUT2D eigenvalue weighted by atomic mass is 10.2. The van der Waals surface area contributed by atoms with E-state index in [0.717, 1.165) is 15.2 Å². The van der Waals surface area contributed by atoms with E-state index in [2.05, 4.69) is 16.0 Å². The molecule has 0 fully saturated rings. The van der Waals surface area contributed by atoms with Crippen molar-refractivity contribution in [1.82, 2.24) is 10.3 Å². The van der Waals surface area contributed by atoms with Crippen LogP contribution in [0.1, 0.15) is 31.7 Å². The first kappa shape index (κ1) is 20.3. The Morgan fingerprint density at radius 2 is 2.08 bits per heavy atom. The van der Waals surface area contributed by atoms with Crippen molar-refractivity contribution in [2.45, 2.75) is 39.2 Å². The number of aryl methyl sites for hydroxylation is 1. The molecule has 0 bridgehead atoms. The number of halogens is 1. The second kappa shape index (κ2) is 10.2. The molecule has 0 saturated carbocycles. The van der Waals surface area contributed by atoms with Crippen molar-refractivity contribution in [1.29, 1.82) is 0 Å². The van der Waals surface area contributed by atoms with E-state index >= 15 is 0 Å². The van der Waals surface area contributed by atoms with Crippen LogP contribution in [-0.4, -0.2) is 29.4 Å². The Morgan fingerprint density at radius 1 is 1.42 bits per heavy atom. The van der Waals surface area contributed by atoms with Crippen molar-refractivity contribution in [2.24, 2.45) is 11.5 Å². The number of nitrogens with one attached hydrogen (secondary N) is 1. The summed E-state index contributed by atoms with van der Waals surface area (Å²) < 4.78 is 1.05. The van der Waals surface area contributed by atoms with Gasteiger partial charge >= 0.3 is 0 Å². The number of hydrogen-bond donors (Lipinski definition) is 3. The lowest BCUT2D eigenvalue weighted by Gasteiger charge is -2.10. The Bertz CT molecular complexity index is 690. The Balaban J connectivity index is 0.000000505. The van der Waals surface area contributed by atoms with Crippen LogP contribution in [-0.2, 0) is 16.0 Å². The van der Waals surface area contributed by atoms with Gasteiger partial charge in [0.25, 0.3) is 0 Å². The highest BCUT2D eigenvalue weighted by Gasteiger charge is 2.09. The number of rotatable bonds is 6. The van der Waals surface area contributed by atoms with Gasteiger partial charge in [-0.05, 0) is 25.1 Å². The molecule has 2 aromatic rings. The summed E-state index contributed by atoms with van der Waals surface area (Å²) in [7, 11) is 0. The van der Waals surface area contributed by atoms with E-state index in [1.807, 2.05) is 25.1 Å². The van der Waals surface area contributed by atoms with Crippen molar-refractivity contribution < 1.29 is 9.59 Å². The largest absolute Gasteiger partial charge is 0.370 e. The van der Waals surface area contributed by atoms with Gasteiger partial charge in [0.05, 0.1) is 15.2 Å². The average molecular weight is 371 g/mol. The molecule has 132 valence electrons. The lowest BCUT2D eigenvalue weighted by molar-refractivity contribution is -0.121. The highest BCUT2D eigenvalue weighted by molar-refractivity contribution is 7.18. The maximum atomic E-state index is 11.6. The average Bonchev–Trinajstić information content (AvgIpc) is 2.95. The van der Waals surface area contributed by atoms with E-state index in [9.17, 15) is 9.59 Å². The molecule has 5 N–H and O–H groups in total. The fourth-order valence-electron chi connectivity index (χ4n) is 1.68. The third-order valence-electron chi connectivity index (χ3n) is 3.07. The fourth-order valence-corrected chi connectivity index (χ4v) is 2.92. The minimum atomic E-state index is -0.245. The molecule has 0 radical (unpaired) electrons. The molecule has 1 unspecified atom stereocenters. The van der Waals surface area contributed by atoms with Crippen molar-refractivity contribution in [3.63, 3.8) is 0 Å². The molecular formula is C16H23ClN4O2S. The van der Waals surface area contributed by atoms with Crippen LogP contribution < -0.4 is 16.8 Å². The summed E-state index contributed by atoms with van der Waals surface area (Å²) >= 11 is 7.51. The number of benzene rings is 1. The first-order valence-corrected chi connectivity index (χ1v) is 8.87. The van der Waals surface area contributed by atoms with Crippen LogP contribution in [0.15, 0.2) is 18.2 Å². The number of fused-ring (bicyclic) bond motifs is 1. The van der Waals surface area contributed by atoms with E-state index in [4.69, 9.17) is 17.3 Å². The van der Waals surface area contributed by atoms with E-state index < -0.39 is 0 Å². The second-order valence-corrected chi connectivity index (χ2v) is 6.80. The summed E-state index contributed by atoms with van der Waals surface area (Å²) in [5.41, 5.74) is 11.0. The molecule has 0 aliphatic heterocycles. The van der Waals surface area contributed by atoms with Gasteiger partial charge in [0.2, 0.25) is 11.8 Å². The van der Waals surface area contributed by atoms with Crippen LogP contribution in [0.4, 0.5) is 0 Å². The van der Waals surface area contributed by atoms with Crippen LogP contribution >= 0.6 is 22.9 Å². The number of hydrogen-bond acceptors (Lipinski definition) is 5. The molecule has 1 atom stereocenters. The van der Waals surface area contributed by atoms with Crippen LogP contribution in [0.3, 0.4) is 0 Å².